The van der Waals surface area contributed by atoms with Gasteiger partial charge >= 0.3 is 0 Å². The highest BCUT2D eigenvalue weighted by Gasteiger charge is 1.96. The van der Waals surface area contributed by atoms with Gasteiger partial charge in [-0.15, -0.1) is 0 Å². The lowest BCUT2D eigenvalue weighted by Gasteiger charge is -2.00. The summed E-state index contributed by atoms with van der Waals surface area (Å²) in [4.78, 5) is 10.1. The van der Waals surface area contributed by atoms with Crippen LogP contribution in [-0.4, -0.2) is 6.29 Å². The van der Waals surface area contributed by atoms with Crippen molar-refractivity contribution in [2.45, 2.75) is 19.8 Å². The first kappa shape index (κ1) is 10.3. The van der Waals surface area contributed by atoms with Gasteiger partial charge in [-0.05, 0) is 24.1 Å². The molecule has 0 aliphatic rings. The molecule has 72 valence electrons. The number of nitrogens with two attached hydrogens (primary N) is 1. The van der Waals surface area contributed by atoms with E-state index in [4.69, 9.17) is 5.73 Å². The van der Waals surface area contributed by atoms with Crippen LogP contribution in [0.25, 0.3) is 0 Å². The minimum Gasteiger partial charge on any atom is -0.398 e. The Kier molecular flexibility index (Phi) is 3.75. The largest absolute Gasteiger partial charge is 0.398 e. The van der Waals surface area contributed by atoms with Gasteiger partial charge in [0.25, 0.3) is 0 Å². The third-order valence-electron chi connectivity index (χ3n) is 1.93. The Labute approximate surface area is 84.1 Å². The van der Waals surface area contributed by atoms with Crippen LogP contribution in [0.2, 0.25) is 0 Å². The van der Waals surface area contributed by atoms with Crippen LogP contribution in [0.15, 0.2) is 18.2 Å². The predicted molar refractivity (Wildman–Crippen MR) is 57.8 cm³/mol. The van der Waals surface area contributed by atoms with Crippen LogP contribution in [0.5, 0.6) is 0 Å². The van der Waals surface area contributed by atoms with E-state index in [1.807, 2.05) is 18.2 Å². The van der Waals surface area contributed by atoms with E-state index in [-0.39, 0.29) is 6.42 Å². The summed E-state index contributed by atoms with van der Waals surface area (Å²) in [5, 5.41) is 0. The standard InChI is InChI=1S/C12H13NO/c1-2-10-6-7-12(13)11(9-10)5-3-4-8-14/h6-9H,2,4,13H2,1H3. The van der Waals surface area contributed by atoms with Gasteiger partial charge in [-0.1, -0.05) is 24.8 Å². The second kappa shape index (κ2) is 5.08. The van der Waals surface area contributed by atoms with Crippen LogP contribution in [0, 0.1) is 11.8 Å². The predicted octanol–water partition coefficient (Wildman–Crippen LogP) is 1.77. The third-order valence-corrected chi connectivity index (χ3v) is 1.93. The molecule has 0 aliphatic heterocycles. The van der Waals surface area contributed by atoms with Crippen molar-refractivity contribution in [3.63, 3.8) is 0 Å². The van der Waals surface area contributed by atoms with E-state index in [0.29, 0.717) is 5.69 Å². The maximum absolute atomic E-state index is 10.1. The molecule has 0 bridgehead atoms. The molecule has 0 aromatic heterocycles. The van der Waals surface area contributed by atoms with Crippen molar-refractivity contribution in [3.8, 4) is 11.8 Å². The first-order valence-corrected chi connectivity index (χ1v) is 4.58. The normalized spacial score (nSPS) is 8.93. The number of nitrogen functional groups attached to an aromatic ring is 1. The molecule has 2 N–H and O–H groups in total. The van der Waals surface area contributed by atoms with E-state index in [2.05, 4.69) is 18.8 Å². The van der Waals surface area contributed by atoms with Gasteiger partial charge in [0.1, 0.15) is 6.29 Å². The summed E-state index contributed by atoms with van der Waals surface area (Å²) in [7, 11) is 0. The van der Waals surface area contributed by atoms with Crippen molar-refractivity contribution in [2.24, 2.45) is 0 Å². The average Bonchev–Trinajstić information content (AvgIpc) is 2.21. The molecule has 1 rings (SSSR count). The van der Waals surface area contributed by atoms with E-state index >= 15 is 0 Å². The molecule has 0 radical (unpaired) electrons. The van der Waals surface area contributed by atoms with Gasteiger partial charge in [0.15, 0.2) is 0 Å². The molecule has 0 saturated carbocycles. The smallest absolute Gasteiger partial charge is 0.131 e. The van der Waals surface area contributed by atoms with Crippen molar-refractivity contribution in [2.75, 3.05) is 5.73 Å². The fourth-order valence-electron chi connectivity index (χ4n) is 1.12. The minimum absolute atomic E-state index is 0.260. The number of aldehydes is 1. The molecule has 2 heteroatoms. The summed E-state index contributed by atoms with van der Waals surface area (Å²) in [5.74, 6) is 5.63. The number of anilines is 1. The maximum Gasteiger partial charge on any atom is 0.131 e. The highest BCUT2D eigenvalue weighted by Crippen LogP contribution is 2.13. The van der Waals surface area contributed by atoms with Gasteiger partial charge in [-0.3, -0.25) is 0 Å². The first-order valence-electron chi connectivity index (χ1n) is 4.58. The van der Waals surface area contributed by atoms with Gasteiger partial charge < -0.3 is 10.5 Å². The van der Waals surface area contributed by atoms with Crippen molar-refractivity contribution < 1.29 is 4.79 Å². The zero-order valence-electron chi connectivity index (χ0n) is 8.21. The van der Waals surface area contributed by atoms with Crippen molar-refractivity contribution in [1.29, 1.82) is 0 Å². The van der Waals surface area contributed by atoms with Gasteiger partial charge in [0.2, 0.25) is 0 Å². The maximum atomic E-state index is 10.1. The molecule has 0 atom stereocenters. The monoisotopic (exact) mass is 187 g/mol. The van der Waals surface area contributed by atoms with Crippen LogP contribution in [0.3, 0.4) is 0 Å². The summed E-state index contributed by atoms with van der Waals surface area (Å²) in [6, 6.07) is 5.80. The number of aryl methyl sites for hydroxylation is 1. The lowest BCUT2D eigenvalue weighted by Crippen LogP contribution is -1.92. The number of benzene rings is 1. The molecule has 0 unspecified atom stereocenters. The lowest BCUT2D eigenvalue weighted by atomic mass is 10.1. The quantitative estimate of drug-likeness (QED) is 0.435. The Balaban J connectivity index is 2.96. The summed E-state index contributed by atoms with van der Waals surface area (Å²) >= 11 is 0. The third kappa shape index (κ3) is 2.63. The molecule has 14 heavy (non-hydrogen) atoms. The molecule has 2 nitrogen and oxygen atoms in total. The number of carbonyl (C=O) groups excluding carboxylic acids is 1. The lowest BCUT2D eigenvalue weighted by molar-refractivity contribution is -0.107. The number of carbonyl (C=O) groups is 1. The van der Waals surface area contributed by atoms with Crippen LogP contribution < -0.4 is 5.73 Å². The molecule has 0 amide bonds. The molecule has 0 spiro atoms. The Hall–Kier alpha value is -1.75. The second-order valence-electron chi connectivity index (χ2n) is 2.95. The van der Waals surface area contributed by atoms with Gasteiger partial charge in [0.05, 0.1) is 6.42 Å². The Morgan fingerprint density at radius 1 is 1.50 bits per heavy atom. The minimum atomic E-state index is 0.260. The summed E-state index contributed by atoms with van der Waals surface area (Å²) in [6.45, 7) is 2.08. The van der Waals surface area contributed by atoms with E-state index in [1.165, 1.54) is 5.56 Å². The Morgan fingerprint density at radius 2 is 2.29 bits per heavy atom. The first-order chi connectivity index (χ1) is 6.77. The van der Waals surface area contributed by atoms with E-state index in [0.717, 1.165) is 18.3 Å². The Bertz CT molecular complexity index is 385. The highest BCUT2D eigenvalue weighted by atomic mass is 16.1. The fourth-order valence-corrected chi connectivity index (χ4v) is 1.12. The van der Waals surface area contributed by atoms with Gasteiger partial charge in [-0.2, -0.15) is 0 Å². The van der Waals surface area contributed by atoms with E-state index in [9.17, 15) is 4.79 Å². The van der Waals surface area contributed by atoms with Crippen LogP contribution in [-0.2, 0) is 11.2 Å². The molecule has 1 aromatic carbocycles. The molecular formula is C12H13NO. The highest BCUT2D eigenvalue weighted by molar-refractivity contribution is 5.60. The van der Waals surface area contributed by atoms with E-state index in [1.54, 1.807) is 0 Å². The molecule has 0 saturated heterocycles. The van der Waals surface area contributed by atoms with Crippen LogP contribution in [0.4, 0.5) is 5.69 Å². The van der Waals surface area contributed by atoms with E-state index < -0.39 is 0 Å². The topological polar surface area (TPSA) is 43.1 Å². The summed E-state index contributed by atoms with van der Waals surface area (Å²) in [5.41, 5.74) is 8.42. The molecule has 0 heterocycles. The number of rotatable bonds is 2. The van der Waals surface area contributed by atoms with Crippen molar-refractivity contribution in [3.05, 3.63) is 29.3 Å². The van der Waals surface area contributed by atoms with Gasteiger partial charge in [0, 0.05) is 11.3 Å². The molecule has 0 aliphatic carbocycles. The van der Waals surface area contributed by atoms with Crippen molar-refractivity contribution in [1.82, 2.24) is 0 Å². The average molecular weight is 187 g/mol. The molecular weight excluding hydrogens is 174 g/mol. The van der Waals surface area contributed by atoms with Crippen molar-refractivity contribution >= 4 is 12.0 Å². The Morgan fingerprint density at radius 3 is 2.93 bits per heavy atom. The fraction of sp³-hybridized carbons (Fsp3) is 0.250. The van der Waals surface area contributed by atoms with Gasteiger partial charge in [-0.25, -0.2) is 0 Å². The SMILES string of the molecule is CCc1ccc(N)c(C#CCC=O)c1. The molecule has 1 aromatic rings. The van der Waals surface area contributed by atoms with Crippen LogP contribution >= 0.6 is 0 Å². The van der Waals surface area contributed by atoms with Crippen LogP contribution in [0.1, 0.15) is 24.5 Å². The zero-order valence-corrected chi connectivity index (χ0v) is 8.21. The second-order valence-corrected chi connectivity index (χ2v) is 2.95. The number of hydrogen-bond acceptors (Lipinski definition) is 2. The number of hydrogen-bond donors (Lipinski definition) is 1. The zero-order chi connectivity index (χ0) is 10.4. The summed E-state index contributed by atoms with van der Waals surface area (Å²) < 4.78 is 0. The molecule has 0 fully saturated rings. The summed E-state index contributed by atoms with van der Waals surface area (Å²) in [6.07, 6.45) is 2.01.